The molecule has 0 rings (SSSR count). The van der Waals surface area contributed by atoms with E-state index in [2.05, 4.69) is 40.5 Å². The maximum atomic E-state index is 13.3. The summed E-state index contributed by atoms with van der Waals surface area (Å²) in [6.07, 6.45) is 19.4. The first kappa shape index (κ1) is 111. The summed E-state index contributed by atoms with van der Waals surface area (Å²) in [5, 5.41) is 171. The van der Waals surface area contributed by atoms with Crippen molar-refractivity contribution in [1.82, 2.24) is 55.0 Å². The molecule has 0 bridgehead atoms. The fourth-order valence-corrected chi connectivity index (χ4v) is 13.8. The fraction of sp³-hybridized carbons (Fsp3) is 0.934. The fourth-order valence-electron chi connectivity index (χ4n) is 13.8. The van der Waals surface area contributed by atoms with Crippen LogP contribution in [0.3, 0.4) is 0 Å². The van der Waals surface area contributed by atoms with E-state index in [0.717, 1.165) is 160 Å². The third-order valence-electron chi connectivity index (χ3n) is 21.9. The highest BCUT2D eigenvalue weighted by Crippen LogP contribution is 2.20. The van der Waals surface area contributed by atoms with Crippen molar-refractivity contribution in [3.8, 4) is 0 Å². The minimum Gasteiger partial charge on any atom is -0.437 e. The van der Waals surface area contributed by atoms with Gasteiger partial charge >= 0.3 is 42.3 Å². The Labute approximate surface area is 687 Å². The third-order valence-corrected chi connectivity index (χ3v) is 21.9. The normalized spacial score (nSPS) is 14.0. The van der Waals surface area contributed by atoms with E-state index in [9.17, 15) is 95.0 Å². The van der Waals surface area contributed by atoms with Gasteiger partial charge in [0.05, 0.1) is 13.2 Å². The van der Waals surface area contributed by atoms with E-state index in [4.69, 9.17) is 10.2 Å². The number of aliphatic hydroxyl groups is 10. The van der Waals surface area contributed by atoms with E-state index < -0.39 is 122 Å². The van der Waals surface area contributed by atoms with Gasteiger partial charge in [0, 0.05) is 58.5 Å². The number of carbonyl (C=O) groups is 5. The molecule has 0 spiro atoms. The number of carbonyl (C=O) groups excluding carboxylic acids is 5. The molecular formula is C76H161B6N11O21. The Morgan fingerprint density at radius 1 is 0.298 bits per heavy atom. The van der Waals surface area contributed by atoms with Crippen molar-refractivity contribution >= 4 is 71.8 Å². The van der Waals surface area contributed by atoms with Crippen molar-refractivity contribution in [3.63, 3.8) is 0 Å². The number of unbranched alkanes of at least 4 members (excludes halogenated alkanes) is 26. The molecule has 38 heteroatoms. The van der Waals surface area contributed by atoms with Crippen LogP contribution in [0.25, 0.3) is 0 Å². The molecule has 0 aliphatic rings. The minimum absolute atomic E-state index is 0.144. The van der Waals surface area contributed by atoms with Crippen molar-refractivity contribution in [3.05, 3.63) is 0 Å². The predicted octanol–water partition coefficient (Wildman–Crippen LogP) is 0.545. The lowest BCUT2D eigenvalue weighted by molar-refractivity contribution is -0.149. The number of hydrogen-bond donors (Lipinski definition) is 20. The molecule has 0 saturated heterocycles. The monoisotopic (exact) mass is 1630 g/mol. The average Bonchev–Trinajstić information content (AvgIpc) is 0.856. The smallest absolute Gasteiger partial charge is 0.376 e. The minimum atomic E-state index is -2.23. The van der Waals surface area contributed by atoms with Gasteiger partial charge in [-0.05, 0) is 191 Å². The highest BCUT2D eigenvalue weighted by atomic mass is 16.4. The van der Waals surface area contributed by atoms with Crippen LogP contribution in [0.1, 0.15) is 231 Å². The molecule has 8 atom stereocenters. The lowest BCUT2D eigenvalue weighted by Crippen LogP contribution is -2.53. The average molecular weight is 1630 g/mol. The molecule has 20 N–H and O–H groups in total. The van der Waals surface area contributed by atoms with Gasteiger partial charge in [0.2, 0.25) is 17.7 Å². The standard InChI is InChI=1S/C76H161B6N11O21/c1-77(109)87(7)49-39-55-90(79(3)111)51-35-37-53-92(81(5)113)59-63(60-93(82(6)114)54-38-36-52-91(80(4)112)56-40-50-88(8)78(2)110)41-31-27-26-30-34-45-83-66(98)42-32-28-24-22-20-18-16-14-12-10-9-11-13-15-17-19-21-23-25-29-33-46-84-67(99)43-44-68(100)89(57-47-85-75(107)73(105)71(103)69(101)64(96)61-94)58-48-86-76(108)74(106)72(104)70(102)65(97)62-95/h63-65,69-74,94-97,101-106,109-114H,9-62H2,1-8H3,(H,83,98)(H,84,99)(H,85,107)(H,86,108)/t64-,65+,69+,70-,71-,72-,73+,74-/m0/s1. The summed E-state index contributed by atoms with van der Waals surface area (Å²) >= 11 is 0. The molecule has 0 aromatic heterocycles. The van der Waals surface area contributed by atoms with Crippen LogP contribution in [-0.4, -0.2) is 368 Å². The molecule has 0 unspecified atom stereocenters. The van der Waals surface area contributed by atoms with Crippen LogP contribution in [0.5, 0.6) is 0 Å². The molecule has 0 aliphatic heterocycles. The van der Waals surface area contributed by atoms with E-state index in [-0.39, 0.29) is 56.8 Å². The van der Waals surface area contributed by atoms with E-state index in [1.165, 1.54) is 96.3 Å². The lowest BCUT2D eigenvalue weighted by atomic mass is 9.80. The van der Waals surface area contributed by atoms with Crippen molar-refractivity contribution in [1.29, 1.82) is 0 Å². The van der Waals surface area contributed by atoms with Gasteiger partial charge in [-0.3, -0.25) is 24.0 Å². The molecule has 0 aromatic carbocycles. The Morgan fingerprint density at radius 2 is 0.588 bits per heavy atom. The second-order valence-electron chi connectivity index (χ2n) is 32.0. The van der Waals surface area contributed by atoms with Crippen LogP contribution in [0.2, 0.25) is 40.9 Å². The topological polar surface area (TPSA) is 480 Å². The van der Waals surface area contributed by atoms with Crippen LogP contribution in [0, 0.1) is 5.92 Å². The summed E-state index contributed by atoms with van der Waals surface area (Å²) in [5.74, 6) is -2.95. The van der Waals surface area contributed by atoms with Crippen LogP contribution in [0.4, 0.5) is 0 Å². The summed E-state index contributed by atoms with van der Waals surface area (Å²) in [4.78, 5) is 76.9. The molecule has 0 aliphatic carbocycles. The van der Waals surface area contributed by atoms with Crippen LogP contribution in [0.15, 0.2) is 0 Å². The molecule has 0 radical (unpaired) electrons. The Balaban J connectivity index is 4.53. The summed E-state index contributed by atoms with van der Waals surface area (Å²) < 4.78 is 0. The van der Waals surface area contributed by atoms with Crippen molar-refractivity contribution in [2.24, 2.45) is 5.92 Å². The number of rotatable bonds is 79. The van der Waals surface area contributed by atoms with Gasteiger partial charge in [-0.15, -0.1) is 0 Å². The third kappa shape index (κ3) is 56.4. The summed E-state index contributed by atoms with van der Waals surface area (Å²) in [6, 6.07) is 0. The Hall–Kier alpha value is -3.14. The van der Waals surface area contributed by atoms with Gasteiger partial charge in [0.25, 0.3) is 11.8 Å². The molecule has 0 aromatic rings. The highest BCUT2D eigenvalue weighted by molar-refractivity contribution is 6.46. The van der Waals surface area contributed by atoms with Crippen LogP contribution < -0.4 is 21.3 Å². The first-order chi connectivity index (χ1) is 54.3. The lowest BCUT2D eigenvalue weighted by Gasteiger charge is -2.33. The molecule has 0 fully saturated rings. The summed E-state index contributed by atoms with van der Waals surface area (Å²) in [6.45, 7) is 16.0. The van der Waals surface area contributed by atoms with Gasteiger partial charge in [0.15, 0.2) is 12.2 Å². The SMILES string of the molecule is CB(O)N(C)CCCN(CCCCN(CC(CCCCCCCNC(=O)CCCCCCCCCCCCCCCCCCCCCCCNC(=O)CCC(=O)N(CCNC(=O)[C@@H](O)[C@@H](O)[C@@H](O)[C@H](O)CO)CCNC(=O)[C@H](O)[C@@H](O)[C@H](O)[C@@H](O)CO)CN(CCCCN(CCCN(C)B(C)O)B(C)O)B(C)O)B(C)O)B(C)O. The van der Waals surface area contributed by atoms with E-state index in [1.807, 2.05) is 37.4 Å². The quantitative estimate of drug-likeness (QED) is 0.0292. The molecule has 664 valence electrons. The Kier molecular flexibility index (Phi) is 68.6. The summed E-state index contributed by atoms with van der Waals surface area (Å²) in [5.41, 5.74) is 0. The van der Waals surface area contributed by atoms with E-state index >= 15 is 0 Å². The molecule has 0 saturated carbocycles. The maximum Gasteiger partial charge on any atom is 0.376 e. The number of nitrogens with zero attached hydrogens (tertiary/aromatic N) is 7. The second-order valence-corrected chi connectivity index (χ2v) is 32.0. The highest BCUT2D eigenvalue weighted by Gasteiger charge is 2.36. The van der Waals surface area contributed by atoms with Gasteiger partial charge in [-0.2, -0.15) is 0 Å². The van der Waals surface area contributed by atoms with Crippen LogP contribution >= 0.6 is 0 Å². The first-order valence-electron chi connectivity index (χ1n) is 43.8. The largest absolute Gasteiger partial charge is 0.437 e. The molecular weight excluding hydrogens is 1470 g/mol. The van der Waals surface area contributed by atoms with Gasteiger partial charge in [-0.25, -0.2) is 0 Å². The van der Waals surface area contributed by atoms with E-state index in [0.29, 0.717) is 45.7 Å². The molecule has 114 heavy (non-hydrogen) atoms. The zero-order valence-electron chi connectivity index (χ0n) is 71.7. The van der Waals surface area contributed by atoms with Gasteiger partial charge in [0.1, 0.15) is 36.6 Å². The van der Waals surface area contributed by atoms with E-state index in [1.54, 1.807) is 27.3 Å². The number of hydrogen-bond acceptors (Lipinski definition) is 27. The van der Waals surface area contributed by atoms with Gasteiger partial charge < -0.3 is 136 Å². The summed E-state index contributed by atoms with van der Waals surface area (Å²) in [7, 11) is 0.297. The predicted molar refractivity (Wildman–Crippen MR) is 455 cm³/mol. The molecule has 32 nitrogen and oxygen atoms in total. The zero-order valence-corrected chi connectivity index (χ0v) is 71.7. The maximum absolute atomic E-state index is 13.3. The zero-order chi connectivity index (χ0) is 85.6. The van der Waals surface area contributed by atoms with Gasteiger partial charge in [-0.1, -0.05) is 148 Å². The number of amides is 5. The second kappa shape index (κ2) is 70.5. The molecule has 0 heterocycles. The van der Waals surface area contributed by atoms with Crippen molar-refractivity contribution in [2.45, 2.75) is 321 Å². The number of nitrogens with one attached hydrogen (secondary N) is 4. The number of aliphatic hydroxyl groups excluding tert-OH is 10. The van der Waals surface area contributed by atoms with Crippen molar-refractivity contribution < 1.29 is 105 Å². The van der Waals surface area contributed by atoms with Crippen LogP contribution in [-0.2, 0) is 24.0 Å². The Morgan fingerprint density at radius 3 is 0.904 bits per heavy atom. The van der Waals surface area contributed by atoms with Crippen molar-refractivity contribution in [2.75, 3.05) is 132 Å². The first-order valence-corrected chi connectivity index (χ1v) is 43.8. The molecule has 5 amide bonds. The Bertz CT molecular complexity index is 2260.